The molecule has 4 heteroatoms. The average molecular weight is 344 g/mol. The molecule has 0 N–H and O–H groups in total. The molecule has 0 saturated heterocycles. The van der Waals surface area contributed by atoms with Gasteiger partial charge in [-0.3, -0.25) is 4.40 Å². The first-order valence-electron chi connectivity index (χ1n) is 8.58. The normalized spacial score (nSPS) is 12.1. The summed E-state index contributed by atoms with van der Waals surface area (Å²) >= 11 is 0. The van der Waals surface area contributed by atoms with Gasteiger partial charge in [0.05, 0.1) is 19.0 Å². The van der Waals surface area contributed by atoms with Crippen molar-refractivity contribution in [2.45, 2.75) is 13.0 Å². The minimum Gasteiger partial charge on any atom is -0.493 e. The van der Waals surface area contributed by atoms with Crippen LogP contribution in [-0.2, 0) is 0 Å². The van der Waals surface area contributed by atoms with E-state index < -0.39 is 0 Å². The number of fused-ring (bicyclic) bond motifs is 1. The zero-order valence-electron chi connectivity index (χ0n) is 14.8. The van der Waals surface area contributed by atoms with E-state index >= 15 is 0 Å². The Bertz CT molecular complexity index is 1020. The zero-order valence-corrected chi connectivity index (χ0v) is 14.8. The lowest BCUT2D eigenvalue weighted by Crippen LogP contribution is -2.04. The van der Waals surface area contributed by atoms with Gasteiger partial charge in [0.1, 0.15) is 11.8 Å². The van der Waals surface area contributed by atoms with Crippen molar-refractivity contribution in [1.29, 1.82) is 0 Å². The van der Waals surface area contributed by atoms with Crippen molar-refractivity contribution < 1.29 is 9.47 Å². The van der Waals surface area contributed by atoms with Gasteiger partial charge in [0.2, 0.25) is 0 Å². The SMILES string of the molecule is COc1cc(-c2cnc3ccccn23)ccc1OC(C)c1ccccc1. The van der Waals surface area contributed by atoms with Gasteiger partial charge in [-0.05, 0) is 42.8 Å². The summed E-state index contributed by atoms with van der Waals surface area (Å²) in [6.07, 6.45) is 3.82. The quantitative estimate of drug-likeness (QED) is 0.502. The first-order valence-corrected chi connectivity index (χ1v) is 8.58. The fourth-order valence-electron chi connectivity index (χ4n) is 3.05. The molecular formula is C22H20N2O2. The van der Waals surface area contributed by atoms with Crippen LogP contribution >= 0.6 is 0 Å². The Morgan fingerprint density at radius 3 is 2.54 bits per heavy atom. The van der Waals surface area contributed by atoms with E-state index in [9.17, 15) is 0 Å². The van der Waals surface area contributed by atoms with E-state index in [1.165, 1.54) is 0 Å². The van der Waals surface area contributed by atoms with Crippen molar-refractivity contribution in [3.63, 3.8) is 0 Å². The molecule has 0 fully saturated rings. The number of aromatic nitrogens is 2. The van der Waals surface area contributed by atoms with Gasteiger partial charge >= 0.3 is 0 Å². The molecule has 26 heavy (non-hydrogen) atoms. The molecule has 2 heterocycles. The van der Waals surface area contributed by atoms with Crippen molar-refractivity contribution in [3.8, 4) is 22.8 Å². The summed E-state index contributed by atoms with van der Waals surface area (Å²) in [5.74, 6) is 1.43. The molecule has 1 atom stereocenters. The Hall–Kier alpha value is -3.27. The second-order valence-corrected chi connectivity index (χ2v) is 6.11. The molecule has 0 bridgehead atoms. The van der Waals surface area contributed by atoms with Gasteiger partial charge in [0.25, 0.3) is 0 Å². The number of imidazole rings is 1. The van der Waals surface area contributed by atoms with Crippen LogP contribution in [0, 0.1) is 0 Å². The molecule has 0 saturated carbocycles. The van der Waals surface area contributed by atoms with Crippen LogP contribution in [0.15, 0.2) is 79.1 Å². The van der Waals surface area contributed by atoms with E-state index in [0.29, 0.717) is 5.75 Å². The molecule has 1 unspecified atom stereocenters. The minimum atomic E-state index is -0.0632. The molecule has 0 aliphatic carbocycles. The van der Waals surface area contributed by atoms with Crippen LogP contribution < -0.4 is 9.47 Å². The Morgan fingerprint density at radius 2 is 1.73 bits per heavy atom. The third-order valence-corrected chi connectivity index (χ3v) is 4.45. The fourth-order valence-corrected chi connectivity index (χ4v) is 3.05. The molecule has 0 radical (unpaired) electrons. The van der Waals surface area contributed by atoms with Crippen LogP contribution in [0.1, 0.15) is 18.6 Å². The highest BCUT2D eigenvalue weighted by Gasteiger charge is 2.13. The van der Waals surface area contributed by atoms with E-state index in [1.807, 2.05) is 73.9 Å². The number of hydrogen-bond donors (Lipinski definition) is 0. The van der Waals surface area contributed by atoms with Crippen molar-refractivity contribution in [1.82, 2.24) is 9.38 Å². The van der Waals surface area contributed by atoms with Crippen LogP contribution in [0.2, 0.25) is 0 Å². The Balaban J connectivity index is 1.66. The topological polar surface area (TPSA) is 35.8 Å². The van der Waals surface area contributed by atoms with Crippen LogP contribution in [0.3, 0.4) is 0 Å². The van der Waals surface area contributed by atoms with E-state index in [4.69, 9.17) is 9.47 Å². The van der Waals surface area contributed by atoms with Crippen molar-refractivity contribution in [2.24, 2.45) is 0 Å². The predicted octanol–water partition coefficient (Wildman–Crippen LogP) is 5.15. The fraction of sp³-hybridized carbons (Fsp3) is 0.136. The number of benzene rings is 2. The lowest BCUT2D eigenvalue weighted by molar-refractivity contribution is 0.216. The van der Waals surface area contributed by atoms with Gasteiger partial charge in [-0.2, -0.15) is 0 Å². The van der Waals surface area contributed by atoms with Crippen LogP contribution in [0.5, 0.6) is 11.5 Å². The molecule has 0 amide bonds. The highest BCUT2D eigenvalue weighted by Crippen LogP contribution is 2.35. The maximum atomic E-state index is 6.13. The van der Waals surface area contributed by atoms with Crippen LogP contribution in [0.4, 0.5) is 0 Å². The summed E-state index contributed by atoms with van der Waals surface area (Å²) in [6, 6.07) is 22.1. The Kier molecular flexibility index (Phi) is 4.32. The Labute approximate surface area is 152 Å². The largest absolute Gasteiger partial charge is 0.493 e. The van der Waals surface area contributed by atoms with Gasteiger partial charge in [0, 0.05) is 11.8 Å². The van der Waals surface area contributed by atoms with Crippen molar-refractivity contribution in [2.75, 3.05) is 7.11 Å². The summed E-state index contributed by atoms with van der Waals surface area (Å²) in [4.78, 5) is 4.45. The lowest BCUT2D eigenvalue weighted by Gasteiger charge is -2.18. The molecule has 4 nitrogen and oxygen atoms in total. The number of ether oxygens (including phenoxy) is 2. The molecule has 2 aromatic heterocycles. The second kappa shape index (κ2) is 6.92. The van der Waals surface area contributed by atoms with Crippen molar-refractivity contribution >= 4 is 5.65 Å². The predicted molar refractivity (Wildman–Crippen MR) is 103 cm³/mol. The number of rotatable bonds is 5. The van der Waals surface area contributed by atoms with E-state index in [0.717, 1.165) is 28.2 Å². The van der Waals surface area contributed by atoms with Crippen molar-refractivity contribution in [3.05, 3.63) is 84.7 Å². The smallest absolute Gasteiger partial charge is 0.162 e. The number of hydrogen-bond acceptors (Lipinski definition) is 3. The molecule has 4 rings (SSSR count). The monoisotopic (exact) mass is 344 g/mol. The summed E-state index contributed by atoms with van der Waals surface area (Å²) in [6.45, 7) is 2.03. The second-order valence-electron chi connectivity index (χ2n) is 6.11. The van der Waals surface area contributed by atoms with Gasteiger partial charge in [-0.1, -0.05) is 36.4 Å². The molecule has 0 spiro atoms. The minimum absolute atomic E-state index is 0.0632. The van der Waals surface area contributed by atoms with Gasteiger partial charge in [-0.15, -0.1) is 0 Å². The third kappa shape index (κ3) is 3.02. The maximum absolute atomic E-state index is 6.13. The standard InChI is InChI=1S/C22H20N2O2/c1-16(17-8-4-3-5-9-17)26-20-12-11-18(14-21(20)25-2)19-15-23-22-10-6-7-13-24(19)22/h3-16H,1-2H3. The number of nitrogens with zero attached hydrogens (tertiary/aromatic N) is 2. The molecule has 4 aromatic rings. The lowest BCUT2D eigenvalue weighted by atomic mass is 10.1. The summed E-state index contributed by atoms with van der Waals surface area (Å²) in [5, 5.41) is 0. The van der Waals surface area contributed by atoms with Crippen LogP contribution in [0.25, 0.3) is 16.9 Å². The maximum Gasteiger partial charge on any atom is 0.162 e. The third-order valence-electron chi connectivity index (χ3n) is 4.45. The molecular weight excluding hydrogens is 324 g/mol. The Morgan fingerprint density at radius 1 is 0.923 bits per heavy atom. The highest BCUT2D eigenvalue weighted by molar-refractivity contribution is 5.67. The summed E-state index contributed by atoms with van der Waals surface area (Å²) < 4.78 is 13.8. The highest BCUT2D eigenvalue weighted by atomic mass is 16.5. The van der Waals surface area contributed by atoms with Crippen LogP contribution in [-0.4, -0.2) is 16.5 Å². The van der Waals surface area contributed by atoms with Gasteiger partial charge in [-0.25, -0.2) is 4.98 Å². The molecule has 0 aliphatic heterocycles. The molecule has 0 aliphatic rings. The number of methoxy groups -OCH3 is 1. The first-order chi connectivity index (χ1) is 12.8. The zero-order chi connectivity index (χ0) is 17.9. The van der Waals surface area contributed by atoms with E-state index in [2.05, 4.69) is 21.5 Å². The van der Waals surface area contributed by atoms with E-state index in [-0.39, 0.29) is 6.10 Å². The summed E-state index contributed by atoms with van der Waals surface area (Å²) in [5.41, 5.74) is 4.08. The first kappa shape index (κ1) is 16.2. The summed E-state index contributed by atoms with van der Waals surface area (Å²) in [7, 11) is 1.66. The number of pyridine rings is 1. The van der Waals surface area contributed by atoms with Gasteiger partial charge < -0.3 is 9.47 Å². The molecule has 130 valence electrons. The molecule has 2 aromatic carbocycles. The van der Waals surface area contributed by atoms with E-state index in [1.54, 1.807) is 7.11 Å². The van der Waals surface area contributed by atoms with Gasteiger partial charge in [0.15, 0.2) is 11.5 Å². The average Bonchev–Trinajstić information content (AvgIpc) is 3.13.